The first-order valence-electron chi connectivity index (χ1n) is 6.92. The zero-order valence-electron chi connectivity index (χ0n) is 12.9. The summed E-state index contributed by atoms with van der Waals surface area (Å²) in [6.45, 7) is 5.68. The number of halogens is 1. The van der Waals surface area contributed by atoms with Crippen LogP contribution in [0.2, 0.25) is 5.02 Å². The molecule has 0 saturated carbocycles. The van der Waals surface area contributed by atoms with Crippen molar-refractivity contribution in [2.24, 2.45) is 21.5 Å². The van der Waals surface area contributed by atoms with Gasteiger partial charge in [-0.1, -0.05) is 18.5 Å². The van der Waals surface area contributed by atoms with Gasteiger partial charge in [0.25, 0.3) is 0 Å². The van der Waals surface area contributed by atoms with Gasteiger partial charge in [0, 0.05) is 17.5 Å². The molecule has 0 saturated heterocycles. The van der Waals surface area contributed by atoms with Gasteiger partial charge in [0.15, 0.2) is 0 Å². The highest BCUT2D eigenvalue weighted by molar-refractivity contribution is 6.30. The number of rotatable bonds is 6. The van der Waals surface area contributed by atoms with Crippen molar-refractivity contribution in [3.8, 4) is 5.75 Å². The minimum atomic E-state index is -0.543. The molecule has 1 aromatic rings. The Morgan fingerprint density at radius 1 is 1.27 bits per heavy atom. The van der Waals surface area contributed by atoms with Crippen LogP contribution in [-0.4, -0.2) is 24.3 Å². The summed E-state index contributed by atoms with van der Waals surface area (Å²) in [7, 11) is 0. The number of hydroxylamine groups is 1. The number of aliphatic imine (C=N–C) groups is 2. The SMILES string of the molecule is CCC(ONC(N)=NC(N)=NC(C)C)Oc1ccc(Cl)cc1. The highest BCUT2D eigenvalue weighted by Gasteiger charge is 2.09. The molecule has 1 rings (SSSR count). The Labute approximate surface area is 135 Å². The van der Waals surface area contributed by atoms with Crippen molar-refractivity contribution >= 4 is 23.5 Å². The molecule has 1 aromatic carbocycles. The van der Waals surface area contributed by atoms with E-state index in [0.717, 1.165) is 0 Å². The van der Waals surface area contributed by atoms with E-state index in [1.54, 1.807) is 24.3 Å². The number of nitrogens with zero attached hydrogens (tertiary/aromatic N) is 2. The number of benzene rings is 1. The van der Waals surface area contributed by atoms with E-state index in [1.165, 1.54) is 0 Å². The summed E-state index contributed by atoms with van der Waals surface area (Å²) in [5, 5.41) is 0.635. The van der Waals surface area contributed by atoms with E-state index in [9.17, 15) is 0 Å². The average molecular weight is 328 g/mol. The van der Waals surface area contributed by atoms with Crippen LogP contribution in [0.5, 0.6) is 5.75 Å². The Morgan fingerprint density at radius 3 is 2.45 bits per heavy atom. The van der Waals surface area contributed by atoms with Gasteiger partial charge in [0.1, 0.15) is 5.75 Å². The maximum atomic E-state index is 5.81. The fourth-order valence-corrected chi connectivity index (χ4v) is 1.55. The molecule has 0 bridgehead atoms. The molecule has 22 heavy (non-hydrogen) atoms. The Balaban J connectivity index is 2.52. The van der Waals surface area contributed by atoms with E-state index in [2.05, 4.69) is 15.5 Å². The van der Waals surface area contributed by atoms with E-state index in [-0.39, 0.29) is 18.0 Å². The number of guanidine groups is 2. The minimum Gasteiger partial charge on any atom is -0.463 e. The van der Waals surface area contributed by atoms with Crippen LogP contribution in [0, 0.1) is 0 Å². The second-order valence-corrected chi connectivity index (χ2v) is 5.14. The topological polar surface area (TPSA) is 107 Å². The lowest BCUT2D eigenvalue weighted by Crippen LogP contribution is -2.38. The van der Waals surface area contributed by atoms with Gasteiger partial charge in [-0.2, -0.15) is 4.99 Å². The molecule has 0 aromatic heterocycles. The second kappa shape index (κ2) is 9.11. The summed E-state index contributed by atoms with van der Waals surface area (Å²) in [6.07, 6.45) is 0.0524. The van der Waals surface area contributed by atoms with Crippen molar-refractivity contribution in [2.45, 2.75) is 39.5 Å². The molecule has 1 unspecified atom stereocenters. The standard InChI is InChI=1S/C14H22ClN5O2/c1-4-12(21-11-7-5-10(15)6-8-11)22-20-14(17)19-13(16)18-9(2)3/h5-9,12H,4H2,1-3H3,(H5,16,17,18,19,20). The van der Waals surface area contributed by atoms with Crippen LogP contribution in [0.15, 0.2) is 34.3 Å². The first-order valence-corrected chi connectivity index (χ1v) is 7.29. The van der Waals surface area contributed by atoms with Crippen LogP contribution in [0.3, 0.4) is 0 Å². The van der Waals surface area contributed by atoms with Gasteiger partial charge in [-0.05, 0) is 38.1 Å². The predicted octanol–water partition coefficient (Wildman–Crippen LogP) is 2.01. The lowest BCUT2D eigenvalue weighted by atomic mass is 10.3. The molecule has 0 aliphatic carbocycles. The first kappa shape index (κ1) is 18.1. The fraction of sp³-hybridized carbons (Fsp3) is 0.429. The minimum absolute atomic E-state index is 0.0000520. The quantitative estimate of drug-likeness (QED) is 0.320. The summed E-state index contributed by atoms with van der Waals surface area (Å²) in [4.78, 5) is 13.2. The average Bonchev–Trinajstić information content (AvgIpc) is 2.44. The van der Waals surface area contributed by atoms with E-state index in [4.69, 9.17) is 32.6 Å². The van der Waals surface area contributed by atoms with Crippen LogP contribution >= 0.6 is 11.6 Å². The lowest BCUT2D eigenvalue weighted by Gasteiger charge is -2.18. The van der Waals surface area contributed by atoms with Crippen molar-refractivity contribution in [1.82, 2.24) is 5.48 Å². The summed E-state index contributed by atoms with van der Waals surface area (Å²) in [5.41, 5.74) is 13.7. The van der Waals surface area contributed by atoms with Crippen molar-refractivity contribution in [3.63, 3.8) is 0 Å². The van der Waals surface area contributed by atoms with Gasteiger partial charge in [-0.25, -0.2) is 15.3 Å². The molecule has 0 aliphatic heterocycles. The van der Waals surface area contributed by atoms with Gasteiger partial charge in [-0.3, -0.25) is 0 Å². The van der Waals surface area contributed by atoms with Crippen LogP contribution < -0.4 is 21.7 Å². The van der Waals surface area contributed by atoms with Gasteiger partial charge in [-0.15, -0.1) is 0 Å². The van der Waals surface area contributed by atoms with E-state index >= 15 is 0 Å². The Morgan fingerprint density at radius 2 is 1.91 bits per heavy atom. The number of hydrogen-bond donors (Lipinski definition) is 3. The molecule has 0 aliphatic rings. The van der Waals surface area contributed by atoms with Crippen molar-refractivity contribution < 1.29 is 9.57 Å². The third-order valence-electron chi connectivity index (χ3n) is 2.33. The monoisotopic (exact) mass is 327 g/mol. The van der Waals surface area contributed by atoms with Crippen LogP contribution in [0.1, 0.15) is 27.2 Å². The third-order valence-corrected chi connectivity index (χ3v) is 2.59. The largest absolute Gasteiger partial charge is 0.463 e. The fourth-order valence-electron chi connectivity index (χ4n) is 1.42. The summed E-state index contributed by atoms with van der Waals surface area (Å²) >= 11 is 5.81. The molecule has 0 spiro atoms. The molecule has 0 heterocycles. The summed E-state index contributed by atoms with van der Waals surface area (Å²) < 4.78 is 5.62. The van der Waals surface area contributed by atoms with E-state index < -0.39 is 6.29 Å². The molecule has 0 amide bonds. The van der Waals surface area contributed by atoms with E-state index in [1.807, 2.05) is 20.8 Å². The van der Waals surface area contributed by atoms with Crippen LogP contribution in [0.4, 0.5) is 0 Å². The Kier molecular flexibility index (Phi) is 7.48. The molecule has 5 N–H and O–H groups in total. The van der Waals surface area contributed by atoms with Crippen molar-refractivity contribution in [3.05, 3.63) is 29.3 Å². The second-order valence-electron chi connectivity index (χ2n) is 4.71. The zero-order valence-corrected chi connectivity index (χ0v) is 13.7. The molecule has 0 radical (unpaired) electrons. The molecule has 122 valence electrons. The molecule has 7 nitrogen and oxygen atoms in total. The van der Waals surface area contributed by atoms with Gasteiger partial charge in [0.2, 0.25) is 18.2 Å². The Bertz CT molecular complexity index is 516. The highest BCUT2D eigenvalue weighted by Crippen LogP contribution is 2.17. The number of nitrogens with two attached hydrogens (primary N) is 2. The highest BCUT2D eigenvalue weighted by atomic mass is 35.5. The summed E-state index contributed by atoms with van der Waals surface area (Å²) in [6, 6.07) is 7.00. The van der Waals surface area contributed by atoms with Crippen molar-refractivity contribution in [2.75, 3.05) is 0 Å². The number of nitrogens with one attached hydrogen (secondary N) is 1. The summed E-state index contributed by atoms with van der Waals surface area (Å²) in [5.74, 6) is 0.713. The van der Waals surface area contributed by atoms with Crippen LogP contribution in [0.25, 0.3) is 0 Å². The lowest BCUT2D eigenvalue weighted by molar-refractivity contribution is -0.110. The zero-order chi connectivity index (χ0) is 16.5. The van der Waals surface area contributed by atoms with E-state index in [0.29, 0.717) is 17.2 Å². The first-order chi connectivity index (χ1) is 10.4. The normalized spacial score (nSPS) is 14.0. The third kappa shape index (κ3) is 7.14. The smallest absolute Gasteiger partial charge is 0.223 e. The molecule has 1 atom stereocenters. The van der Waals surface area contributed by atoms with Gasteiger partial charge < -0.3 is 16.2 Å². The maximum absolute atomic E-state index is 5.81. The number of ether oxygens (including phenoxy) is 1. The molecule has 8 heteroatoms. The number of hydrogen-bond acceptors (Lipinski definition) is 3. The van der Waals surface area contributed by atoms with Gasteiger partial charge >= 0.3 is 0 Å². The van der Waals surface area contributed by atoms with Crippen LogP contribution in [-0.2, 0) is 4.84 Å². The Hall–Kier alpha value is -1.99. The predicted molar refractivity (Wildman–Crippen MR) is 88.8 cm³/mol. The van der Waals surface area contributed by atoms with Gasteiger partial charge in [0.05, 0.1) is 0 Å². The van der Waals surface area contributed by atoms with Crippen molar-refractivity contribution in [1.29, 1.82) is 0 Å². The molecule has 0 fully saturated rings. The molecular weight excluding hydrogens is 306 g/mol. The molecular formula is C14H22ClN5O2. The maximum Gasteiger partial charge on any atom is 0.223 e.